The zero-order valence-electron chi connectivity index (χ0n) is 7.49. The number of benzene rings is 1. The summed E-state index contributed by atoms with van der Waals surface area (Å²) in [6, 6.07) is 8.47. The van der Waals surface area contributed by atoms with E-state index in [1.165, 1.54) is 24.0 Å². The minimum absolute atomic E-state index is 0.643. The molecule has 0 heterocycles. The van der Waals surface area contributed by atoms with Crippen LogP contribution in [0.15, 0.2) is 24.3 Å². The summed E-state index contributed by atoms with van der Waals surface area (Å²) in [5.41, 5.74) is 2.61. The van der Waals surface area contributed by atoms with Gasteiger partial charge in [-0.15, -0.1) is 0 Å². The van der Waals surface area contributed by atoms with Crippen molar-refractivity contribution >= 4 is 6.41 Å². The number of carbonyl (C=O) groups is 1. The van der Waals surface area contributed by atoms with Gasteiger partial charge < -0.3 is 5.32 Å². The van der Waals surface area contributed by atoms with Gasteiger partial charge in [0.15, 0.2) is 0 Å². The lowest BCUT2D eigenvalue weighted by Crippen LogP contribution is -2.09. The van der Waals surface area contributed by atoms with Crippen molar-refractivity contribution in [3.05, 3.63) is 35.4 Å². The lowest BCUT2D eigenvalue weighted by molar-refractivity contribution is -0.109. The molecule has 1 aromatic carbocycles. The maximum absolute atomic E-state index is 10.1. The molecule has 0 aromatic heterocycles. The Bertz CT molecular complexity index is 305. The summed E-state index contributed by atoms with van der Waals surface area (Å²) in [5.74, 6) is 0.788. The Morgan fingerprint density at radius 3 is 3.00 bits per heavy atom. The van der Waals surface area contributed by atoms with Gasteiger partial charge >= 0.3 is 0 Å². The molecule has 1 aliphatic rings. The molecule has 2 nitrogen and oxygen atoms in total. The second-order valence-corrected chi connectivity index (χ2v) is 3.52. The summed E-state index contributed by atoms with van der Waals surface area (Å²) in [6.07, 6.45) is 3.39. The lowest BCUT2D eigenvalue weighted by Gasteiger charge is -2.02. The fourth-order valence-electron chi connectivity index (χ4n) is 1.53. The van der Waals surface area contributed by atoms with Crippen LogP contribution in [0.4, 0.5) is 0 Å². The van der Waals surface area contributed by atoms with Crippen LogP contribution in [-0.4, -0.2) is 6.41 Å². The van der Waals surface area contributed by atoms with E-state index in [2.05, 4.69) is 23.5 Å². The van der Waals surface area contributed by atoms with Gasteiger partial charge in [0, 0.05) is 6.54 Å². The molecule has 0 atom stereocenters. The van der Waals surface area contributed by atoms with E-state index < -0.39 is 0 Å². The molecule has 0 radical (unpaired) electrons. The van der Waals surface area contributed by atoms with Crippen LogP contribution in [0, 0.1) is 0 Å². The standard InChI is InChI=1S/C11H13NO/c13-8-12-7-9-2-1-3-11(6-9)10-4-5-10/h1-3,6,8,10H,4-5,7H2,(H,12,13). The molecule has 1 amide bonds. The van der Waals surface area contributed by atoms with E-state index in [4.69, 9.17) is 0 Å². The highest BCUT2D eigenvalue weighted by Crippen LogP contribution is 2.40. The van der Waals surface area contributed by atoms with Gasteiger partial charge in [0.05, 0.1) is 0 Å². The first-order valence-corrected chi connectivity index (χ1v) is 4.66. The number of hydrogen-bond acceptors (Lipinski definition) is 1. The summed E-state index contributed by atoms with van der Waals surface area (Å²) in [6.45, 7) is 0.643. The van der Waals surface area contributed by atoms with Crippen LogP contribution in [0.3, 0.4) is 0 Å². The van der Waals surface area contributed by atoms with Crippen LogP contribution < -0.4 is 5.32 Å². The summed E-state index contributed by atoms with van der Waals surface area (Å²) >= 11 is 0. The number of nitrogens with one attached hydrogen (secondary N) is 1. The molecule has 1 aliphatic carbocycles. The van der Waals surface area contributed by atoms with Gasteiger partial charge in [0.2, 0.25) is 6.41 Å². The normalized spacial score (nSPS) is 15.4. The van der Waals surface area contributed by atoms with E-state index in [-0.39, 0.29) is 0 Å². The van der Waals surface area contributed by atoms with E-state index in [9.17, 15) is 4.79 Å². The highest BCUT2D eigenvalue weighted by molar-refractivity contribution is 5.46. The molecule has 1 aromatic rings. The second-order valence-electron chi connectivity index (χ2n) is 3.52. The van der Waals surface area contributed by atoms with Crippen LogP contribution in [0.25, 0.3) is 0 Å². The summed E-state index contributed by atoms with van der Waals surface area (Å²) in [5, 5.41) is 2.67. The minimum atomic E-state index is 0.643. The molecule has 0 spiro atoms. The van der Waals surface area contributed by atoms with Gasteiger partial charge in [0.1, 0.15) is 0 Å². The Hall–Kier alpha value is -1.31. The molecule has 13 heavy (non-hydrogen) atoms. The molecule has 0 unspecified atom stereocenters. The average molecular weight is 175 g/mol. The van der Waals surface area contributed by atoms with Crippen molar-refractivity contribution in [1.82, 2.24) is 5.32 Å². The summed E-state index contributed by atoms with van der Waals surface area (Å²) in [7, 11) is 0. The minimum Gasteiger partial charge on any atom is -0.355 e. The smallest absolute Gasteiger partial charge is 0.207 e. The van der Waals surface area contributed by atoms with Gasteiger partial charge in [-0.2, -0.15) is 0 Å². The molecular weight excluding hydrogens is 162 g/mol. The van der Waals surface area contributed by atoms with Gasteiger partial charge in [-0.05, 0) is 29.9 Å². The Morgan fingerprint density at radius 2 is 2.31 bits per heavy atom. The third-order valence-corrected chi connectivity index (χ3v) is 2.39. The molecule has 0 bridgehead atoms. The third kappa shape index (κ3) is 2.08. The van der Waals surface area contributed by atoms with E-state index >= 15 is 0 Å². The quantitative estimate of drug-likeness (QED) is 0.695. The van der Waals surface area contributed by atoms with Crippen molar-refractivity contribution in [2.45, 2.75) is 25.3 Å². The summed E-state index contributed by atoms with van der Waals surface area (Å²) in [4.78, 5) is 10.1. The first kappa shape index (κ1) is 8.30. The molecule has 0 saturated heterocycles. The van der Waals surface area contributed by atoms with Gasteiger partial charge in [-0.1, -0.05) is 24.3 Å². The molecule has 1 fully saturated rings. The molecular formula is C11H13NO. The van der Waals surface area contributed by atoms with E-state index in [1.807, 2.05) is 6.07 Å². The number of carbonyl (C=O) groups excluding carboxylic acids is 1. The van der Waals surface area contributed by atoms with Gasteiger partial charge in [-0.25, -0.2) is 0 Å². The van der Waals surface area contributed by atoms with Gasteiger partial charge in [0.25, 0.3) is 0 Å². The van der Waals surface area contributed by atoms with Crippen LogP contribution in [0.5, 0.6) is 0 Å². The highest BCUT2D eigenvalue weighted by atomic mass is 16.1. The topological polar surface area (TPSA) is 29.1 Å². The van der Waals surface area contributed by atoms with Crippen molar-refractivity contribution in [2.75, 3.05) is 0 Å². The first-order valence-electron chi connectivity index (χ1n) is 4.66. The Labute approximate surface area is 78.0 Å². The third-order valence-electron chi connectivity index (χ3n) is 2.39. The van der Waals surface area contributed by atoms with Crippen molar-refractivity contribution in [3.8, 4) is 0 Å². The van der Waals surface area contributed by atoms with Crippen LogP contribution in [-0.2, 0) is 11.3 Å². The SMILES string of the molecule is O=CNCc1cccc(C2CC2)c1. The van der Waals surface area contributed by atoms with Crippen LogP contribution in [0.1, 0.15) is 29.9 Å². The Balaban J connectivity index is 2.07. The number of hydrogen-bond donors (Lipinski definition) is 1. The molecule has 2 heteroatoms. The largest absolute Gasteiger partial charge is 0.355 e. The van der Waals surface area contributed by atoms with Crippen molar-refractivity contribution < 1.29 is 4.79 Å². The van der Waals surface area contributed by atoms with E-state index in [1.54, 1.807) is 0 Å². The maximum Gasteiger partial charge on any atom is 0.207 e. The van der Waals surface area contributed by atoms with E-state index in [0.717, 1.165) is 12.3 Å². The number of rotatable bonds is 4. The predicted molar refractivity (Wildman–Crippen MR) is 51.3 cm³/mol. The monoisotopic (exact) mass is 175 g/mol. The van der Waals surface area contributed by atoms with Crippen LogP contribution >= 0.6 is 0 Å². The summed E-state index contributed by atoms with van der Waals surface area (Å²) < 4.78 is 0. The van der Waals surface area contributed by atoms with Crippen molar-refractivity contribution in [3.63, 3.8) is 0 Å². The molecule has 1 saturated carbocycles. The van der Waals surface area contributed by atoms with Crippen molar-refractivity contribution in [1.29, 1.82) is 0 Å². The van der Waals surface area contributed by atoms with E-state index in [0.29, 0.717) is 6.54 Å². The molecule has 2 rings (SSSR count). The van der Waals surface area contributed by atoms with Crippen molar-refractivity contribution in [2.24, 2.45) is 0 Å². The fraction of sp³-hybridized carbons (Fsp3) is 0.364. The zero-order valence-corrected chi connectivity index (χ0v) is 7.49. The second kappa shape index (κ2) is 3.60. The molecule has 0 aliphatic heterocycles. The Morgan fingerprint density at radius 1 is 1.46 bits per heavy atom. The number of amides is 1. The fourth-order valence-corrected chi connectivity index (χ4v) is 1.53. The Kier molecular flexibility index (Phi) is 2.30. The molecule has 68 valence electrons. The lowest BCUT2D eigenvalue weighted by atomic mass is 10.1. The maximum atomic E-state index is 10.1. The zero-order chi connectivity index (χ0) is 9.10. The highest BCUT2D eigenvalue weighted by Gasteiger charge is 2.23. The predicted octanol–water partition coefficient (Wildman–Crippen LogP) is 1.81. The van der Waals surface area contributed by atoms with Gasteiger partial charge in [-0.3, -0.25) is 4.79 Å². The first-order chi connectivity index (χ1) is 6.40. The van der Waals surface area contributed by atoms with Crippen LogP contribution in [0.2, 0.25) is 0 Å². The average Bonchev–Trinajstić information content (AvgIpc) is 2.98. The molecule has 1 N–H and O–H groups in total.